The second-order valence-electron chi connectivity index (χ2n) is 7.49. The molecule has 1 aromatic heterocycles. The maximum Gasteiger partial charge on any atom is 0.329 e. The molecule has 0 saturated heterocycles. The van der Waals surface area contributed by atoms with Gasteiger partial charge in [-0.1, -0.05) is 38.1 Å². The molecule has 0 unspecified atom stereocenters. The number of amides is 2. The lowest BCUT2D eigenvalue weighted by Crippen LogP contribution is -2.46. The summed E-state index contributed by atoms with van der Waals surface area (Å²) in [6.07, 6.45) is 4.23. The van der Waals surface area contributed by atoms with Gasteiger partial charge in [0.1, 0.15) is 6.04 Å². The zero-order valence-electron chi connectivity index (χ0n) is 16.6. The first kappa shape index (κ1) is 20.6. The lowest BCUT2D eigenvalue weighted by molar-refractivity contribution is -0.151. The molecule has 0 fully saturated rings. The van der Waals surface area contributed by atoms with E-state index in [-0.39, 0.29) is 23.6 Å². The van der Waals surface area contributed by atoms with Crippen molar-refractivity contribution < 1.29 is 23.5 Å². The number of esters is 1. The first-order valence-corrected chi connectivity index (χ1v) is 9.84. The highest BCUT2D eigenvalue weighted by molar-refractivity contribution is 5.94. The lowest BCUT2D eigenvalue weighted by Gasteiger charge is -2.26. The number of carbonyl (C=O) groups excluding carboxylic acids is 3. The van der Waals surface area contributed by atoms with Gasteiger partial charge in [-0.25, -0.2) is 4.79 Å². The predicted octanol–water partition coefficient (Wildman–Crippen LogP) is 2.77. The van der Waals surface area contributed by atoms with Crippen molar-refractivity contribution in [2.24, 2.45) is 5.92 Å². The Kier molecular flexibility index (Phi) is 6.69. The van der Waals surface area contributed by atoms with Crippen LogP contribution in [-0.2, 0) is 20.7 Å². The van der Waals surface area contributed by atoms with Gasteiger partial charge in [-0.15, -0.1) is 0 Å². The first-order chi connectivity index (χ1) is 14.0. The van der Waals surface area contributed by atoms with E-state index in [0.717, 1.165) is 24.8 Å². The molecule has 154 valence electrons. The van der Waals surface area contributed by atoms with Gasteiger partial charge in [0, 0.05) is 0 Å². The Morgan fingerprint density at radius 1 is 1.17 bits per heavy atom. The Bertz CT molecular complexity index is 860. The summed E-state index contributed by atoms with van der Waals surface area (Å²) in [5.74, 6) is -1.63. The van der Waals surface area contributed by atoms with Crippen LogP contribution in [-0.4, -0.2) is 30.4 Å². The Morgan fingerprint density at radius 2 is 1.97 bits per heavy atom. The van der Waals surface area contributed by atoms with Crippen molar-refractivity contribution in [2.75, 3.05) is 6.61 Å². The molecule has 0 bridgehead atoms. The Hall–Kier alpha value is -3.09. The molecule has 3 rings (SSSR count). The van der Waals surface area contributed by atoms with Crippen LogP contribution in [0.1, 0.15) is 54.4 Å². The average molecular weight is 398 g/mol. The standard InChI is InChI=1S/C22H26N2O5/c1-14(2)20(24-21(26)18-11-6-12-28-18)22(27)29-13-19(25)23-17-10-5-8-15-7-3-4-9-16(15)17/h3-4,6-7,9,11-12,14,17,20H,5,8,10,13H2,1-2H3,(H,23,25)(H,24,26)/t17-,20-/m0/s1. The summed E-state index contributed by atoms with van der Waals surface area (Å²) in [5.41, 5.74) is 2.35. The molecule has 2 aromatic rings. The number of hydrogen-bond donors (Lipinski definition) is 2. The highest BCUT2D eigenvalue weighted by Gasteiger charge is 2.28. The SMILES string of the molecule is CC(C)[C@H](NC(=O)c1ccco1)C(=O)OCC(=O)N[C@H]1CCCc2ccccc21. The Labute approximate surface area is 169 Å². The van der Waals surface area contributed by atoms with Gasteiger partial charge in [0.2, 0.25) is 0 Å². The number of rotatable bonds is 7. The fourth-order valence-electron chi connectivity index (χ4n) is 3.48. The van der Waals surface area contributed by atoms with E-state index in [1.165, 1.54) is 17.9 Å². The molecule has 1 aromatic carbocycles. The third-order valence-electron chi connectivity index (χ3n) is 5.00. The first-order valence-electron chi connectivity index (χ1n) is 9.84. The van der Waals surface area contributed by atoms with Crippen molar-refractivity contribution in [3.63, 3.8) is 0 Å². The van der Waals surface area contributed by atoms with Crippen LogP contribution >= 0.6 is 0 Å². The van der Waals surface area contributed by atoms with Gasteiger partial charge in [-0.3, -0.25) is 9.59 Å². The minimum Gasteiger partial charge on any atom is -0.459 e. The number of hydrogen-bond acceptors (Lipinski definition) is 5. The number of nitrogens with one attached hydrogen (secondary N) is 2. The summed E-state index contributed by atoms with van der Waals surface area (Å²) in [4.78, 5) is 36.9. The molecule has 7 heteroatoms. The van der Waals surface area contributed by atoms with Crippen LogP contribution in [0, 0.1) is 5.92 Å². The average Bonchev–Trinajstić information content (AvgIpc) is 3.25. The van der Waals surface area contributed by atoms with E-state index in [2.05, 4.69) is 16.7 Å². The fraction of sp³-hybridized carbons (Fsp3) is 0.409. The van der Waals surface area contributed by atoms with Gasteiger partial charge >= 0.3 is 5.97 Å². The van der Waals surface area contributed by atoms with Crippen molar-refractivity contribution in [3.8, 4) is 0 Å². The number of furan rings is 1. The molecule has 1 aliphatic rings. The van der Waals surface area contributed by atoms with Gasteiger partial charge < -0.3 is 19.8 Å². The van der Waals surface area contributed by atoms with E-state index in [9.17, 15) is 14.4 Å². The highest BCUT2D eigenvalue weighted by atomic mass is 16.5. The van der Waals surface area contributed by atoms with Gasteiger partial charge in [0.15, 0.2) is 12.4 Å². The molecule has 2 atom stereocenters. The summed E-state index contributed by atoms with van der Waals surface area (Å²) in [6.45, 7) is 3.18. The molecule has 0 aliphatic heterocycles. The molecule has 0 saturated carbocycles. The van der Waals surface area contributed by atoms with Crippen molar-refractivity contribution in [1.29, 1.82) is 0 Å². The quantitative estimate of drug-likeness (QED) is 0.699. The second kappa shape index (κ2) is 9.41. The molecular weight excluding hydrogens is 372 g/mol. The number of benzene rings is 1. The van der Waals surface area contributed by atoms with Crippen molar-refractivity contribution in [2.45, 2.75) is 45.2 Å². The van der Waals surface area contributed by atoms with Crippen LogP contribution in [0.5, 0.6) is 0 Å². The van der Waals surface area contributed by atoms with Crippen molar-refractivity contribution >= 4 is 17.8 Å². The van der Waals surface area contributed by atoms with Crippen LogP contribution in [0.4, 0.5) is 0 Å². The van der Waals surface area contributed by atoms with Crippen LogP contribution in [0.25, 0.3) is 0 Å². The fourth-order valence-corrected chi connectivity index (χ4v) is 3.48. The van der Waals surface area contributed by atoms with Gasteiger partial charge in [-0.05, 0) is 48.4 Å². The summed E-state index contributed by atoms with van der Waals surface area (Å²) in [5, 5.41) is 5.54. The molecule has 29 heavy (non-hydrogen) atoms. The highest BCUT2D eigenvalue weighted by Crippen LogP contribution is 2.29. The number of fused-ring (bicyclic) bond motifs is 1. The smallest absolute Gasteiger partial charge is 0.329 e. The van der Waals surface area contributed by atoms with Crippen molar-refractivity contribution in [3.05, 3.63) is 59.5 Å². The van der Waals surface area contributed by atoms with Crippen molar-refractivity contribution in [1.82, 2.24) is 10.6 Å². The summed E-state index contributed by atoms with van der Waals surface area (Å²) in [7, 11) is 0. The molecule has 0 spiro atoms. The van der Waals surface area contributed by atoms with E-state index in [0.29, 0.717) is 0 Å². The Balaban J connectivity index is 1.53. The third-order valence-corrected chi connectivity index (χ3v) is 5.00. The predicted molar refractivity (Wildman–Crippen MR) is 106 cm³/mol. The number of carbonyl (C=O) groups is 3. The maximum absolute atomic E-state index is 12.4. The largest absolute Gasteiger partial charge is 0.459 e. The van der Waals surface area contributed by atoms with Crippen LogP contribution in [0.15, 0.2) is 47.1 Å². The second-order valence-corrected chi connectivity index (χ2v) is 7.49. The number of aryl methyl sites for hydroxylation is 1. The molecule has 0 radical (unpaired) electrons. The third kappa shape index (κ3) is 5.25. The molecule has 1 aliphatic carbocycles. The zero-order valence-corrected chi connectivity index (χ0v) is 16.6. The van der Waals surface area contributed by atoms with Gasteiger partial charge in [0.05, 0.1) is 12.3 Å². The molecule has 2 N–H and O–H groups in total. The van der Waals surface area contributed by atoms with Crippen LogP contribution in [0.3, 0.4) is 0 Å². The zero-order chi connectivity index (χ0) is 20.8. The van der Waals surface area contributed by atoms with E-state index in [4.69, 9.17) is 9.15 Å². The molecule has 7 nitrogen and oxygen atoms in total. The normalized spacial score (nSPS) is 16.6. The minimum absolute atomic E-state index is 0.0781. The Morgan fingerprint density at radius 3 is 2.69 bits per heavy atom. The molecular formula is C22H26N2O5. The monoisotopic (exact) mass is 398 g/mol. The molecule has 1 heterocycles. The maximum atomic E-state index is 12.4. The van der Waals surface area contributed by atoms with E-state index in [1.807, 2.05) is 18.2 Å². The summed E-state index contributed by atoms with van der Waals surface area (Å²) in [6, 6.07) is 10.2. The minimum atomic E-state index is -0.879. The van der Waals surface area contributed by atoms with Crippen LogP contribution in [0.2, 0.25) is 0 Å². The summed E-state index contributed by atoms with van der Waals surface area (Å²) < 4.78 is 10.2. The summed E-state index contributed by atoms with van der Waals surface area (Å²) >= 11 is 0. The van der Waals surface area contributed by atoms with E-state index in [1.54, 1.807) is 19.9 Å². The molecule has 2 amide bonds. The lowest BCUT2D eigenvalue weighted by atomic mass is 9.88. The van der Waals surface area contributed by atoms with Crippen LogP contribution < -0.4 is 10.6 Å². The van der Waals surface area contributed by atoms with E-state index < -0.39 is 24.5 Å². The van der Waals surface area contributed by atoms with E-state index >= 15 is 0 Å². The topological polar surface area (TPSA) is 97.6 Å². The van der Waals surface area contributed by atoms with Gasteiger partial charge in [-0.2, -0.15) is 0 Å². The van der Waals surface area contributed by atoms with Gasteiger partial charge in [0.25, 0.3) is 11.8 Å². The number of ether oxygens (including phenoxy) is 1.